The standard InChI is InChI=1S/C23H19ClN6OS/c1-15-22-19(20-6-3-9-32-20)7-8-25-23(22)30(28-15)14-21(31)27-18-11-26-29(13-18)12-16-4-2-5-17(24)10-16/h2-11,13H,12,14H2,1H3,(H,27,31). The Morgan fingerprint density at radius 1 is 1.22 bits per heavy atom. The van der Waals surface area contributed by atoms with Crippen molar-refractivity contribution in [3.05, 3.63) is 82.7 Å². The molecule has 5 aromatic rings. The van der Waals surface area contributed by atoms with Crippen molar-refractivity contribution in [3.63, 3.8) is 0 Å². The SMILES string of the molecule is Cc1nn(CC(=O)Nc2cnn(Cc3cccc(Cl)c3)c2)c2nccc(-c3cccs3)c12. The Labute approximate surface area is 193 Å². The topological polar surface area (TPSA) is 77.6 Å². The number of carbonyl (C=O) groups excluding carboxylic acids is 1. The number of carbonyl (C=O) groups is 1. The third-order valence-corrected chi connectivity index (χ3v) is 6.18. The number of anilines is 1. The first-order valence-electron chi connectivity index (χ1n) is 9.99. The Balaban J connectivity index is 1.32. The number of hydrogen-bond acceptors (Lipinski definition) is 5. The molecule has 7 nitrogen and oxygen atoms in total. The largest absolute Gasteiger partial charge is 0.322 e. The van der Waals surface area contributed by atoms with Gasteiger partial charge in [-0.2, -0.15) is 10.2 Å². The van der Waals surface area contributed by atoms with Gasteiger partial charge in [0.2, 0.25) is 5.91 Å². The summed E-state index contributed by atoms with van der Waals surface area (Å²) in [6.07, 6.45) is 5.17. The smallest absolute Gasteiger partial charge is 0.246 e. The zero-order valence-electron chi connectivity index (χ0n) is 17.2. The van der Waals surface area contributed by atoms with Gasteiger partial charge in [-0.15, -0.1) is 11.3 Å². The highest BCUT2D eigenvalue weighted by atomic mass is 35.5. The van der Waals surface area contributed by atoms with Crippen LogP contribution in [0.15, 0.2) is 66.4 Å². The molecule has 5 rings (SSSR count). The number of hydrogen-bond donors (Lipinski definition) is 1. The predicted molar refractivity (Wildman–Crippen MR) is 127 cm³/mol. The number of aryl methyl sites for hydroxylation is 1. The minimum atomic E-state index is -0.194. The number of pyridine rings is 1. The highest BCUT2D eigenvalue weighted by Crippen LogP contribution is 2.32. The second-order valence-electron chi connectivity index (χ2n) is 7.38. The van der Waals surface area contributed by atoms with E-state index in [2.05, 4.69) is 26.6 Å². The lowest BCUT2D eigenvalue weighted by Crippen LogP contribution is -2.19. The molecule has 1 N–H and O–H groups in total. The molecule has 4 aromatic heterocycles. The van der Waals surface area contributed by atoms with Crippen LogP contribution in [-0.4, -0.2) is 30.5 Å². The van der Waals surface area contributed by atoms with E-state index < -0.39 is 0 Å². The Bertz CT molecular complexity index is 1410. The van der Waals surface area contributed by atoms with Gasteiger partial charge in [-0.3, -0.25) is 9.48 Å². The molecule has 4 heterocycles. The molecule has 9 heteroatoms. The van der Waals surface area contributed by atoms with Gasteiger partial charge in [0.15, 0.2) is 5.65 Å². The Morgan fingerprint density at radius 2 is 2.12 bits per heavy atom. The molecule has 0 fully saturated rings. The molecule has 0 atom stereocenters. The molecule has 1 amide bonds. The van der Waals surface area contributed by atoms with Crippen molar-refractivity contribution in [1.82, 2.24) is 24.5 Å². The number of benzene rings is 1. The lowest BCUT2D eigenvalue weighted by molar-refractivity contribution is -0.116. The van der Waals surface area contributed by atoms with Gasteiger partial charge in [0.1, 0.15) is 6.54 Å². The molecular formula is C23H19ClN6OS. The van der Waals surface area contributed by atoms with Crippen LogP contribution in [0, 0.1) is 6.92 Å². The average Bonchev–Trinajstić information content (AvgIpc) is 3.50. The first-order chi connectivity index (χ1) is 15.6. The van der Waals surface area contributed by atoms with Crippen LogP contribution in [0.3, 0.4) is 0 Å². The van der Waals surface area contributed by atoms with Gasteiger partial charge in [-0.1, -0.05) is 29.8 Å². The van der Waals surface area contributed by atoms with Gasteiger partial charge in [-0.25, -0.2) is 9.67 Å². The van der Waals surface area contributed by atoms with Crippen molar-refractivity contribution in [1.29, 1.82) is 0 Å². The van der Waals surface area contributed by atoms with Crippen LogP contribution in [0.5, 0.6) is 0 Å². The van der Waals surface area contributed by atoms with Gasteiger partial charge in [0.05, 0.1) is 29.5 Å². The van der Waals surface area contributed by atoms with Crippen molar-refractivity contribution >= 4 is 45.6 Å². The van der Waals surface area contributed by atoms with Crippen LogP contribution in [0.2, 0.25) is 5.02 Å². The van der Waals surface area contributed by atoms with Crippen molar-refractivity contribution in [2.75, 3.05) is 5.32 Å². The number of amides is 1. The summed E-state index contributed by atoms with van der Waals surface area (Å²) in [5.74, 6) is -0.194. The minimum Gasteiger partial charge on any atom is -0.322 e. The predicted octanol–water partition coefficient (Wildman–Crippen LogP) is 5.01. The first-order valence-corrected chi connectivity index (χ1v) is 11.3. The summed E-state index contributed by atoms with van der Waals surface area (Å²) in [5, 5.41) is 15.5. The summed E-state index contributed by atoms with van der Waals surface area (Å²) in [6, 6.07) is 13.7. The summed E-state index contributed by atoms with van der Waals surface area (Å²) >= 11 is 7.71. The molecule has 0 radical (unpaired) electrons. The number of nitrogens with zero attached hydrogens (tertiary/aromatic N) is 5. The molecule has 0 aliphatic carbocycles. The number of rotatable bonds is 6. The van der Waals surface area contributed by atoms with Gasteiger partial charge >= 0.3 is 0 Å². The van der Waals surface area contributed by atoms with Crippen molar-refractivity contribution in [2.24, 2.45) is 0 Å². The molecular weight excluding hydrogens is 444 g/mol. The molecule has 1 aromatic carbocycles. The average molecular weight is 463 g/mol. The highest BCUT2D eigenvalue weighted by Gasteiger charge is 2.16. The van der Waals surface area contributed by atoms with E-state index in [1.807, 2.05) is 48.7 Å². The fourth-order valence-electron chi connectivity index (χ4n) is 3.70. The van der Waals surface area contributed by atoms with Crippen LogP contribution >= 0.6 is 22.9 Å². The monoisotopic (exact) mass is 462 g/mol. The maximum Gasteiger partial charge on any atom is 0.246 e. The maximum absolute atomic E-state index is 12.7. The van der Waals surface area contributed by atoms with Gasteiger partial charge in [0.25, 0.3) is 0 Å². The molecule has 0 aliphatic heterocycles. The van der Waals surface area contributed by atoms with Crippen molar-refractivity contribution in [2.45, 2.75) is 20.0 Å². The Kier molecular flexibility index (Phi) is 5.46. The molecule has 0 saturated heterocycles. The molecule has 32 heavy (non-hydrogen) atoms. The van der Waals surface area contributed by atoms with E-state index in [4.69, 9.17) is 11.6 Å². The summed E-state index contributed by atoms with van der Waals surface area (Å²) in [6.45, 7) is 2.56. The van der Waals surface area contributed by atoms with E-state index in [-0.39, 0.29) is 12.5 Å². The van der Waals surface area contributed by atoms with Crippen LogP contribution < -0.4 is 5.32 Å². The Morgan fingerprint density at radius 3 is 2.94 bits per heavy atom. The number of aromatic nitrogens is 5. The van der Waals surface area contributed by atoms with Crippen molar-refractivity contribution in [3.8, 4) is 10.4 Å². The summed E-state index contributed by atoms with van der Waals surface area (Å²) in [5.41, 5.74) is 4.28. The molecule has 0 spiro atoms. The lowest BCUT2D eigenvalue weighted by atomic mass is 10.1. The van der Waals surface area contributed by atoms with E-state index in [1.165, 1.54) is 0 Å². The third-order valence-electron chi connectivity index (χ3n) is 5.04. The fraction of sp³-hybridized carbons (Fsp3) is 0.130. The maximum atomic E-state index is 12.7. The van der Waals surface area contributed by atoms with E-state index in [0.717, 1.165) is 27.1 Å². The van der Waals surface area contributed by atoms with E-state index in [0.29, 0.717) is 22.9 Å². The van der Waals surface area contributed by atoms with E-state index in [1.54, 1.807) is 39.3 Å². The number of halogens is 1. The quantitative estimate of drug-likeness (QED) is 0.385. The fourth-order valence-corrected chi connectivity index (χ4v) is 4.67. The third kappa shape index (κ3) is 4.15. The second kappa shape index (κ2) is 8.57. The Hall–Kier alpha value is -3.49. The second-order valence-corrected chi connectivity index (χ2v) is 8.77. The molecule has 0 bridgehead atoms. The van der Waals surface area contributed by atoms with Gasteiger partial charge in [0, 0.05) is 27.9 Å². The summed E-state index contributed by atoms with van der Waals surface area (Å²) < 4.78 is 3.40. The zero-order valence-corrected chi connectivity index (χ0v) is 18.8. The highest BCUT2D eigenvalue weighted by molar-refractivity contribution is 7.13. The van der Waals surface area contributed by atoms with Crippen LogP contribution in [0.4, 0.5) is 5.69 Å². The first kappa shape index (κ1) is 20.4. The van der Waals surface area contributed by atoms with Crippen LogP contribution in [0.1, 0.15) is 11.3 Å². The van der Waals surface area contributed by atoms with Gasteiger partial charge in [-0.05, 0) is 42.1 Å². The zero-order chi connectivity index (χ0) is 22.1. The number of thiophene rings is 1. The van der Waals surface area contributed by atoms with Crippen LogP contribution in [0.25, 0.3) is 21.5 Å². The summed E-state index contributed by atoms with van der Waals surface area (Å²) in [4.78, 5) is 18.3. The lowest BCUT2D eigenvalue weighted by Gasteiger charge is -2.05. The summed E-state index contributed by atoms with van der Waals surface area (Å²) in [7, 11) is 0. The van der Waals surface area contributed by atoms with E-state index in [9.17, 15) is 4.79 Å². The molecule has 160 valence electrons. The molecule has 0 saturated carbocycles. The minimum absolute atomic E-state index is 0.0602. The van der Waals surface area contributed by atoms with Crippen molar-refractivity contribution < 1.29 is 4.79 Å². The van der Waals surface area contributed by atoms with E-state index >= 15 is 0 Å². The number of nitrogens with one attached hydrogen (secondary N) is 1. The molecule has 0 aliphatic rings. The van der Waals surface area contributed by atoms with Crippen LogP contribution in [-0.2, 0) is 17.9 Å². The normalized spacial score (nSPS) is 11.2. The van der Waals surface area contributed by atoms with Gasteiger partial charge < -0.3 is 5.32 Å². The number of fused-ring (bicyclic) bond motifs is 1. The molecule has 0 unspecified atom stereocenters.